The number of aryl methyl sites for hydroxylation is 1. The van der Waals surface area contributed by atoms with E-state index in [1.807, 2.05) is 34.7 Å². The molecule has 3 heterocycles. The topological polar surface area (TPSA) is 54.3 Å². The van der Waals surface area contributed by atoms with Crippen molar-refractivity contribution >= 4 is 22.4 Å². The lowest BCUT2D eigenvalue weighted by atomic mass is 10.1. The van der Waals surface area contributed by atoms with E-state index in [0.717, 1.165) is 41.6 Å². The third-order valence-electron chi connectivity index (χ3n) is 5.13. The summed E-state index contributed by atoms with van der Waals surface area (Å²) in [7, 11) is 0. The largest absolute Gasteiger partial charge is 0.345 e. The van der Waals surface area contributed by atoms with Crippen molar-refractivity contribution in [2.75, 3.05) is 31.1 Å². The van der Waals surface area contributed by atoms with Crippen molar-refractivity contribution in [3.63, 3.8) is 0 Å². The molecule has 146 valence electrons. The van der Waals surface area contributed by atoms with Crippen LogP contribution in [-0.2, 0) is 13.0 Å². The van der Waals surface area contributed by atoms with E-state index in [2.05, 4.69) is 39.4 Å². The van der Waals surface area contributed by atoms with Crippen LogP contribution in [0, 0.1) is 6.92 Å². The van der Waals surface area contributed by atoms with Crippen molar-refractivity contribution in [3.8, 4) is 0 Å². The van der Waals surface area contributed by atoms with Crippen LogP contribution in [0.3, 0.4) is 0 Å². The fraction of sp³-hybridized carbons (Fsp3) is 0.381. The fourth-order valence-electron chi connectivity index (χ4n) is 3.61. The Labute approximate surface area is 169 Å². The third-order valence-corrected chi connectivity index (χ3v) is 6.15. The molecule has 0 aliphatic carbocycles. The van der Waals surface area contributed by atoms with Gasteiger partial charge in [0.25, 0.3) is 5.91 Å². The number of piperazine rings is 1. The van der Waals surface area contributed by atoms with E-state index in [1.54, 1.807) is 17.5 Å². The van der Waals surface area contributed by atoms with Gasteiger partial charge in [0.1, 0.15) is 0 Å². The van der Waals surface area contributed by atoms with Gasteiger partial charge in [-0.1, -0.05) is 37.3 Å². The number of hydrogen-bond donors (Lipinski definition) is 0. The quantitative estimate of drug-likeness (QED) is 0.666. The molecule has 0 radical (unpaired) electrons. The minimum atomic E-state index is 0.0890. The molecule has 0 bridgehead atoms. The molecule has 1 amide bonds. The SMILES string of the molecule is CCc1c(C(=O)N2CCN(c3nc(C)cs3)CC2)cnn1Cc1ccccc1. The second kappa shape index (κ2) is 8.14. The Morgan fingerprint density at radius 2 is 1.89 bits per heavy atom. The molecule has 0 atom stereocenters. The molecule has 7 heteroatoms. The summed E-state index contributed by atoms with van der Waals surface area (Å²) in [6.45, 7) is 7.84. The van der Waals surface area contributed by atoms with Crippen molar-refractivity contribution in [2.24, 2.45) is 0 Å². The molecule has 28 heavy (non-hydrogen) atoms. The minimum Gasteiger partial charge on any atom is -0.345 e. The second-order valence-corrected chi connectivity index (χ2v) is 7.89. The first-order chi connectivity index (χ1) is 13.7. The maximum atomic E-state index is 13.1. The molecule has 3 aromatic rings. The van der Waals surface area contributed by atoms with Gasteiger partial charge in [0.15, 0.2) is 5.13 Å². The first kappa shape index (κ1) is 18.7. The molecule has 0 N–H and O–H groups in total. The highest BCUT2D eigenvalue weighted by atomic mass is 32.1. The van der Waals surface area contributed by atoms with Gasteiger partial charge in [-0.25, -0.2) is 4.98 Å². The number of nitrogens with zero attached hydrogens (tertiary/aromatic N) is 5. The number of aromatic nitrogens is 3. The molecule has 6 nitrogen and oxygen atoms in total. The molecule has 0 spiro atoms. The lowest BCUT2D eigenvalue weighted by molar-refractivity contribution is 0.0745. The molecular weight excluding hydrogens is 370 g/mol. The number of amides is 1. The maximum Gasteiger partial charge on any atom is 0.257 e. The van der Waals surface area contributed by atoms with Crippen molar-refractivity contribution in [1.29, 1.82) is 0 Å². The number of thiazole rings is 1. The highest BCUT2D eigenvalue weighted by Gasteiger charge is 2.26. The summed E-state index contributed by atoms with van der Waals surface area (Å²) in [5, 5.41) is 7.64. The number of hydrogen-bond acceptors (Lipinski definition) is 5. The number of rotatable bonds is 5. The summed E-state index contributed by atoms with van der Waals surface area (Å²) >= 11 is 1.67. The van der Waals surface area contributed by atoms with Gasteiger partial charge in [0.05, 0.1) is 29.7 Å². The summed E-state index contributed by atoms with van der Waals surface area (Å²) in [6.07, 6.45) is 2.52. The highest BCUT2D eigenvalue weighted by molar-refractivity contribution is 7.13. The van der Waals surface area contributed by atoms with Gasteiger partial charge in [-0.15, -0.1) is 11.3 Å². The zero-order chi connectivity index (χ0) is 19.5. The Morgan fingerprint density at radius 1 is 1.14 bits per heavy atom. The van der Waals surface area contributed by atoms with Gasteiger partial charge in [-0.2, -0.15) is 5.10 Å². The van der Waals surface area contributed by atoms with Gasteiger partial charge < -0.3 is 9.80 Å². The van der Waals surface area contributed by atoms with E-state index < -0.39 is 0 Å². The van der Waals surface area contributed by atoms with Gasteiger partial charge in [-0.05, 0) is 18.9 Å². The molecule has 1 saturated heterocycles. The Kier molecular flexibility index (Phi) is 5.43. The Morgan fingerprint density at radius 3 is 2.54 bits per heavy atom. The first-order valence-corrected chi connectivity index (χ1v) is 10.6. The second-order valence-electron chi connectivity index (χ2n) is 7.05. The molecule has 4 rings (SSSR count). The Bertz CT molecular complexity index is 941. The van der Waals surface area contributed by atoms with Gasteiger partial charge >= 0.3 is 0 Å². The van der Waals surface area contributed by atoms with Crippen molar-refractivity contribution in [1.82, 2.24) is 19.7 Å². The molecule has 1 aliphatic heterocycles. The fourth-order valence-corrected chi connectivity index (χ4v) is 4.47. The van der Waals surface area contributed by atoms with Crippen LogP contribution in [0.5, 0.6) is 0 Å². The zero-order valence-corrected chi connectivity index (χ0v) is 17.2. The summed E-state index contributed by atoms with van der Waals surface area (Å²) < 4.78 is 1.96. The van der Waals surface area contributed by atoms with Gasteiger partial charge in [-0.3, -0.25) is 9.48 Å². The predicted octanol–water partition coefficient (Wildman–Crippen LogP) is 3.22. The zero-order valence-electron chi connectivity index (χ0n) is 16.3. The maximum absolute atomic E-state index is 13.1. The van der Waals surface area contributed by atoms with E-state index in [-0.39, 0.29) is 5.91 Å². The average Bonchev–Trinajstić information content (AvgIpc) is 3.34. The Hall–Kier alpha value is -2.67. The van der Waals surface area contributed by atoms with Crippen LogP contribution in [0.15, 0.2) is 41.9 Å². The average molecular weight is 396 g/mol. The van der Waals surface area contributed by atoms with Crippen LogP contribution >= 0.6 is 11.3 Å². The van der Waals surface area contributed by atoms with E-state index in [9.17, 15) is 4.79 Å². The summed E-state index contributed by atoms with van der Waals surface area (Å²) in [4.78, 5) is 21.9. The number of carbonyl (C=O) groups excluding carboxylic acids is 1. The summed E-state index contributed by atoms with van der Waals surface area (Å²) in [6, 6.07) is 10.2. The van der Waals surface area contributed by atoms with Crippen LogP contribution in [-0.4, -0.2) is 51.8 Å². The number of anilines is 1. The molecule has 1 aliphatic rings. The minimum absolute atomic E-state index is 0.0890. The van der Waals surface area contributed by atoms with Gasteiger partial charge in [0, 0.05) is 31.6 Å². The van der Waals surface area contributed by atoms with Crippen LogP contribution < -0.4 is 4.90 Å². The third kappa shape index (κ3) is 3.80. The van der Waals surface area contributed by atoms with Crippen molar-refractivity contribution < 1.29 is 4.79 Å². The van der Waals surface area contributed by atoms with Crippen molar-refractivity contribution in [3.05, 3.63) is 64.4 Å². The van der Waals surface area contributed by atoms with Crippen molar-refractivity contribution in [2.45, 2.75) is 26.8 Å². The van der Waals surface area contributed by atoms with Gasteiger partial charge in [0.2, 0.25) is 0 Å². The Balaban J connectivity index is 1.45. The number of benzene rings is 1. The van der Waals surface area contributed by atoms with Crippen LogP contribution in [0.1, 0.15) is 34.2 Å². The van der Waals surface area contributed by atoms with E-state index in [4.69, 9.17) is 0 Å². The molecule has 0 unspecified atom stereocenters. The summed E-state index contributed by atoms with van der Waals surface area (Å²) in [5.74, 6) is 0.0890. The van der Waals surface area contributed by atoms with Crippen LogP contribution in [0.25, 0.3) is 0 Å². The standard InChI is InChI=1S/C21H25N5OS/c1-3-19-18(13-22-26(19)14-17-7-5-4-6-8-17)20(27)24-9-11-25(12-10-24)21-23-16(2)15-28-21/h4-8,13,15H,3,9-12,14H2,1-2H3. The molecule has 0 saturated carbocycles. The van der Waals surface area contributed by atoms with Crippen LogP contribution in [0.2, 0.25) is 0 Å². The smallest absolute Gasteiger partial charge is 0.257 e. The summed E-state index contributed by atoms with van der Waals surface area (Å²) in [5.41, 5.74) is 3.98. The normalized spacial score (nSPS) is 14.5. The van der Waals surface area contributed by atoms with E-state index in [1.165, 1.54) is 5.56 Å². The van der Waals surface area contributed by atoms with E-state index in [0.29, 0.717) is 19.6 Å². The molecule has 1 aromatic carbocycles. The molecule has 1 fully saturated rings. The molecular formula is C21H25N5OS. The number of carbonyl (C=O) groups is 1. The lowest BCUT2D eigenvalue weighted by Crippen LogP contribution is -2.49. The molecule has 2 aromatic heterocycles. The lowest BCUT2D eigenvalue weighted by Gasteiger charge is -2.34. The first-order valence-electron chi connectivity index (χ1n) is 9.70. The monoisotopic (exact) mass is 395 g/mol. The van der Waals surface area contributed by atoms with E-state index >= 15 is 0 Å². The highest BCUT2D eigenvalue weighted by Crippen LogP contribution is 2.22. The van der Waals surface area contributed by atoms with Crippen LogP contribution in [0.4, 0.5) is 5.13 Å². The predicted molar refractivity (Wildman–Crippen MR) is 112 cm³/mol.